The second-order valence-electron chi connectivity index (χ2n) is 4.31. The summed E-state index contributed by atoms with van der Waals surface area (Å²) in [6.07, 6.45) is 0.862. The predicted octanol–water partition coefficient (Wildman–Crippen LogP) is 1.27. The molecule has 0 bridgehead atoms. The highest BCUT2D eigenvalue weighted by Gasteiger charge is 2.26. The van der Waals surface area contributed by atoms with Crippen LogP contribution in [0.2, 0.25) is 0 Å². The molecular formula is C10H22N2O. The molecule has 0 aromatic heterocycles. The minimum atomic E-state index is -0.319. The van der Waals surface area contributed by atoms with Crippen molar-refractivity contribution in [3.63, 3.8) is 0 Å². The summed E-state index contributed by atoms with van der Waals surface area (Å²) < 4.78 is 0. The van der Waals surface area contributed by atoms with Crippen LogP contribution in [0.3, 0.4) is 0 Å². The summed E-state index contributed by atoms with van der Waals surface area (Å²) in [6.45, 7) is 9.71. The highest BCUT2D eigenvalue weighted by molar-refractivity contribution is 5.79. The van der Waals surface area contributed by atoms with Crippen molar-refractivity contribution in [3.05, 3.63) is 0 Å². The maximum absolute atomic E-state index is 11.5. The highest BCUT2D eigenvalue weighted by atomic mass is 16.2. The molecule has 2 atom stereocenters. The van der Waals surface area contributed by atoms with Crippen molar-refractivity contribution in [2.24, 2.45) is 11.7 Å². The van der Waals surface area contributed by atoms with Crippen LogP contribution >= 0.6 is 0 Å². The summed E-state index contributed by atoms with van der Waals surface area (Å²) in [5.41, 5.74) is 5.43. The average Bonchev–Trinajstić information content (AvgIpc) is 2.01. The standard InChI is InChI=1S/C10H22N2O/c1-6-7(2)9(13)12-10(4,5)8(3)11/h7-8H,6,11H2,1-5H3,(H,12,13). The lowest BCUT2D eigenvalue weighted by atomic mass is 9.95. The van der Waals surface area contributed by atoms with E-state index < -0.39 is 0 Å². The molecule has 0 aliphatic rings. The Balaban J connectivity index is 4.19. The summed E-state index contributed by atoms with van der Waals surface area (Å²) >= 11 is 0. The van der Waals surface area contributed by atoms with Gasteiger partial charge in [0.05, 0.1) is 0 Å². The molecule has 2 unspecified atom stereocenters. The summed E-state index contributed by atoms with van der Waals surface area (Å²) in [7, 11) is 0. The first-order valence-corrected chi connectivity index (χ1v) is 4.88. The van der Waals surface area contributed by atoms with Gasteiger partial charge >= 0.3 is 0 Å². The molecule has 3 heteroatoms. The molecule has 0 aromatic rings. The minimum absolute atomic E-state index is 0.0412. The number of hydrogen-bond donors (Lipinski definition) is 2. The largest absolute Gasteiger partial charge is 0.349 e. The number of nitrogens with one attached hydrogen (secondary N) is 1. The molecule has 0 saturated heterocycles. The van der Waals surface area contributed by atoms with Gasteiger partial charge in [0, 0.05) is 17.5 Å². The Labute approximate surface area is 81.1 Å². The zero-order valence-electron chi connectivity index (χ0n) is 9.35. The van der Waals surface area contributed by atoms with Crippen LogP contribution in [0.4, 0.5) is 0 Å². The van der Waals surface area contributed by atoms with Crippen molar-refractivity contribution in [2.45, 2.75) is 52.6 Å². The quantitative estimate of drug-likeness (QED) is 0.694. The topological polar surface area (TPSA) is 55.1 Å². The fourth-order valence-corrected chi connectivity index (χ4v) is 0.740. The Morgan fingerprint density at radius 2 is 1.92 bits per heavy atom. The fourth-order valence-electron chi connectivity index (χ4n) is 0.740. The van der Waals surface area contributed by atoms with E-state index in [0.717, 1.165) is 6.42 Å². The maximum Gasteiger partial charge on any atom is 0.223 e. The van der Waals surface area contributed by atoms with E-state index in [1.807, 2.05) is 34.6 Å². The Bertz CT molecular complexity index is 176. The molecular weight excluding hydrogens is 164 g/mol. The van der Waals surface area contributed by atoms with Gasteiger partial charge in [0.15, 0.2) is 0 Å². The molecule has 0 radical (unpaired) electrons. The first-order valence-electron chi connectivity index (χ1n) is 4.88. The van der Waals surface area contributed by atoms with Crippen LogP contribution < -0.4 is 11.1 Å². The molecule has 78 valence electrons. The predicted molar refractivity (Wildman–Crippen MR) is 55.3 cm³/mol. The van der Waals surface area contributed by atoms with Crippen LogP contribution in [-0.2, 0) is 4.79 Å². The average molecular weight is 186 g/mol. The van der Waals surface area contributed by atoms with Gasteiger partial charge in [0.1, 0.15) is 0 Å². The Kier molecular flexibility index (Phi) is 4.40. The van der Waals surface area contributed by atoms with Crippen molar-refractivity contribution in [1.29, 1.82) is 0 Å². The minimum Gasteiger partial charge on any atom is -0.349 e. The van der Waals surface area contributed by atoms with Crippen LogP contribution in [0.5, 0.6) is 0 Å². The first kappa shape index (κ1) is 12.4. The lowest BCUT2D eigenvalue weighted by Gasteiger charge is -2.31. The van der Waals surface area contributed by atoms with Gasteiger partial charge in [-0.1, -0.05) is 13.8 Å². The van der Waals surface area contributed by atoms with Crippen LogP contribution in [0.1, 0.15) is 41.0 Å². The molecule has 1 amide bonds. The van der Waals surface area contributed by atoms with E-state index in [-0.39, 0.29) is 23.4 Å². The van der Waals surface area contributed by atoms with Crippen molar-refractivity contribution in [2.75, 3.05) is 0 Å². The van der Waals surface area contributed by atoms with Gasteiger partial charge in [-0.25, -0.2) is 0 Å². The van der Waals surface area contributed by atoms with Crippen molar-refractivity contribution < 1.29 is 4.79 Å². The number of rotatable bonds is 4. The molecule has 0 spiro atoms. The monoisotopic (exact) mass is 186 g/mol. The Morgan fingerprint density at radius 3 is 2.23 bits per heavy atom. The van der Waals surface area contributed by atoms with Crippen LogP contribution in [0.15, 0.2) is 0 Å². The molecule has 0 saturated carbocycles. The summed E-state index contributed by atoms with van der Waals surface area (Å²) in [4.78, 5) is 11.5. The zero-order chi connectivity index (χ0) is 10.6. The molecule has 0 aliphatic carbocycles. The van der Waals surface area contributed by atoms with Gasteiger partial charge in [0.25, 0.3) is 0 Å². The van der Waals surface area contributed by atoms with E-state index in [1.165, 1.54) is 0 Å². The van der Waals surface area contributed by atoms with Gasteiger partial charge in [-0.05, 0) is 27.2 Å². The number of amides is 1. The van der Waals surface area contributed by atoms with E-state index in [2.05, 4.69) is 5.32 Å². The highest BCUT2D eigenvalue weighted by Crippen LogP contribution is 2.09. The second-order valence-corrected chi connectivity index (χ2v) is 4.31. The normalized spacial score (nSPS) is 16.5. The van der Waals surface area contributed by atoms with Crippen LogP contribution in [-0.4, -0.2) is 17.5 Å². The zero-order valence-corrected chi connectivity index (χ0v) is 9.35. The summed E-state index contributed by atoms with van der Waals surface area (Å²) in [5, 5.41) is 2.94. The molecule has 0 aromatic carbocycles. The number of hydrogen-bond acceptors (Lipinski definition) is 2. The Morgan fingerprint density at radius 1 is 1.46 bits per heavy atom. The van der Waals surface area contributed by atoms with Gasteiger partial charge in [0.2, 0.25) is 5.91 Å². The van der Waals surface area contributed by atoms with Crippen molar-refractivity contribution in [1.82, 2.24) is 5.32 Å². The molecule has 0 aliphatic heterocycles. The lowest BCUT2D eigenvalue weighted by Crippen LogP contribution is -2.55. The van der Waals surface area contributed by atoms with Gasteiger partial charge in [-0.15, -0.1) is 0 Å². The van der Waals surface area contributed by atoms with Crippen molar-refractivity contribution >= 4 is 5.91 Å². The smallest absolute Gasteiger partial charge is 0.223 e. The molecule has 0 heterocycles. The first-order chi connectivity index (χ1) is 5.81. The maximum atomic E-state index is 11.5. The third kappa shape index (κ3) is 3.77. The number of carbonyl (C=O) groups is 1. The molecule has 13 heavy (non-hydrogen) atoms. The SMILES string of the molecule is CCC(C)C(=O)NC(C)(C)C(C)N. The number of carbonyl (C=O) groups excluding carboxylic acids is 1. The lowest BCUT2D eigenvalue weighted by molar-refractivity contribution is -0.126. The molecule has 3 N–H and O–H groups in total. The van der Waals surface area contributed by atoms with E-state index in [0.29, 0.717) is 0 Å². The van der Waals surface area contributed by atoms with E-state index in [4.69, 9.17) is 5.73 Å². The summed E-state index contributed by atoms with van der Waals surface area (Å²) in [6, 6.07) is -0.0412. The fraction of sp³-hybridized carbons (Fsp3) is 0.900. The van der Waals surface area contributed by atoms with Gasteiger partial charge < -0.3 is 11.1 Å². The van der Waals surface area contributed by atoms with Crippen LogP contribution in [0, 0.1) is 5.92 Å². The van der Waals surface area contributed by atoms with Gasteiger partial charge in [-0.3, -0.25) is 4.79 Å². The van der Waals surface area contributed by atoms with Crippen molar-refractivity contribution in [3.8, 4) is 0 Å². The molecule has 0 rings (SSSR count). The Hall–Kier alpha value is -0.570. The third-order valence-corrected chi connectivity index (χ3v) is 2.64. The van der Waals surface area contributed by atoms with E-state index in [9.17, 15) is 4.79 Å². The number of nitrogens with two attached hydrogens (primary N) is 1. The van der Waals surface area contributed by atoms with E-state index in [1.54, 1.807) is 0 Å². The third-order valence-electron chi connectivity index (χ3n) is 2.64. The molecule has 0 fully saturated rings. The summed E-state index contributed by atoms with van der Waals surface area (Å²) in [5.74, 6) is 0.155. The van der Waals surface area contributed by atoms with E-state index >= 15 is 0 Å². The molecule has 3 nitrogen and oxygen atoms in total. The second kappa shape index (κ2) is 4.61. The van der Waals surface area contributed by atoms with Crippen LogP contribution in [0.25, 0.3) is 0 Å². The van der Waals surface area contributed by atoms with Gasteiger partial charge in [-0.2, -0.15) is 0 Å².